The van der Waals surface area contributed by atoms with Gasteiger partial charge in [0, 0.05) is 6.54 Å². The monoisotopic (exact) mass is 257 g/mol. The lowest BCUT2D eigenvalue weighted by Gasteiger charge is -2.30. The molecule has 0 radical (unpaired) electrons. The van der Waals surface area contributed by atoms with E-state index in [0.29, 0.717) is 12.4 Å². The molecule has 4 nitrogen and oxygen atoms in total. The third-order valence-electron chi connectivity index (χ3n) is 3.14. The maximum Gasteiger partial charge on any atom is 0.313 e. The molecular weight excluding hydrogens is 242 g/mol. The molecule has 0 amide bonds. The summed E-state index contributed by atoms with van der Waals surface area (Å²) in [6.45, 7) is 2.99. The van der Waals surface area contributed by atoms with Crippen molar-refractivity contribution in [2.75, 3.05) is 18.1 Å². The van der Waals surface area contributed by atoms with Gasteiger partial charge in [0.25, 0.3) is 0 Å². The Kier molecular flexibility index (Phi) is 2.99. The Bertz CT molecular complexity index is 575. The van der Waals surface area contributed by atoms with Crippen LogP contribution in [-0.2, 0) is 9.53 Å². The molecule has 98 valence electrons. The van der Waals surface area contributed by atoms with E-state index in [2.05, 4.69) is 11.0 Å². The quantitative estimate of drug-likeness (QED) is 0.780. The number of carbonyl (C=O) groups is 1. The molecule has 4 heteroatoms. The van der Waals surface area contributed by atoms with Gasteiger partial charge in [0.15, 0.2) is 5.75 Å². The van der Waals surface area contributed by atoms with Gasteiger partial charge in [-0.2, -0.15) is 0 Å². The maximum atomic E-state index is 11.6. The second kappa shape index (κ2) is 4.80. The minimum atomic E-state index is -0.260. The van der Waals surface area contributed by atoms with Crippen molar-refractivity contribution in [1.29, 1.82) is 0 Å². The molecule has 3 rings (SSSR count). The maximum absolute atomic E-state index is 11.6. The lowest BCUT2D eigenvalue weighted by atomic mass is 10.2. The van der Waals surface area contributed by atoms with E-state index in [1.807, 2.05) is 30.3 Å². The summed E-state index contributed by atoms with van der Waals surface area (Å²) >= 11 is 0. The third-order valence-corrected chi connectivity index (χ3v) is 3.14. The Labute approximate surface area is 111 Å². The van der Waals surface area contributed by atoms with Crippen LogP contribution in [0.15, 0.2) is 47.9 Å². The van der Waals surface area contributed by atoms with Gasteiger partial charge in [-0.15, -0.1) is 0 Å². The summed E-state index contributed by atoms with van der Waals surface area (Å²) in [4.78, 5) is 13.8. The predicted octanol–water partition coefficient (Wildman–Crippen LogP) is 2.62. The van der Waals surface area contributed by atoms with Crippen LogP contribution in [0.25, 0.3) is 0 Å². The number of hydrogen-bond acceptors (Lipinski definition) is 4. The van der Waals surface area contributed by atoms with Crippen LogP contribution in [0.4, 0.5) is 5.69 Å². The average Bonchev–Trinajstić information content (AvgIpc) is 2.89. The van der Waals surface area contributed by atoms with Gasteiger partial charge in [-0.1, -0.05) is 18.2 Å². The highest BCUT2D eigenvalue weighted by Crippen LogP contribution is 2.40. The lowest BCUT2D eigenvalue weighted by molar-refractivity contribution is -0.142. The van der Waals surface area contributed by atoms with Gasteiger partial charge >= 0.3 is 5.97 Å². The zero-order valence-corrected chi connectivity index (χ0v) is 10.8. The standard InChI is InChI=1S/C15H15NO3/c1-2-18-15(17)10-14-12-7-5-9-16(12)11-6-3-4-8-13(11)19-14/h3-8H,2,9-10H2,1H3. The summed E-state index contributed by atoms with van der Waals surface area (Å²) in [6, 6.07) is 7.84. The zero-order chi connectivity index (χ0) is 13.2. The SMILES string of the molecule is CCOC(=O)CC1=C2C=CCN2c2ccccc2O1. The van der Waals surface area contributed by atoms with E-state index < -0.39 is 0 Å². The lowest BCUT2D eigenvalue weighted by Crippen LogP contribution is -2.25. The molecule has 0 spiro atoms. The van der Waals surface area contributed by atoms with Crippen LogP contribution in [0.3, 0.4) is 0 Å². The second-order valence-electron chi connectivity index (χ2n) is 4.37. The molecule has 2 heterocycles. The number of allylic oxidation sites excluding steroid dienone is 1. The molecule has 1 aromatic rings. The number of rotatable bonds is 3. The fourth-order valence-electron chi connectivity index (χ4n) is 2.35. The Morgan fingerprint density at radius 2 is 2.26 bits per heavy atom. The van der Waals surface area contributed by atoms with Gasteiger partial charge in [-0.25, -0.2) is 0 Å². The summed E-state index contributed by atoms with van der Waals surface area (Å²) in [5, 5.41) is 0. The number of hydrogen-bond donors (Lipinski definition) is 0. The topological polar surface area (TPSA) is 38.8 Å². The summed E-state index contributed by atoms with van der Waals surface area (Å²) < 4.78 is 10.8. The minimum absolute atomic E-state index is 0.165. The number of anilines is 1. The first-order chi connectivity index (χ1) is 9.29. The van der Waals surface area contributed by atoms with Crippen LogP contribution in [0, 0.1) is 0 Å². The van der Waals surface area contributed by atoms with E-state index in [9.17, 15) is 4.79 Å². The molecular formula is C15H15NO3. The van der Waals surface area contributed by atoms with Crippen molar-refractivity contribution in [2.45, 2.75) is 13.3 Å². The van der Waals surface area contributed by atoms with E-state index in [0.717, 1.165) is 23.7 Å². The molecule has 0 bridgehead atoms. The van der Waals surface area contributed by atoms with Crippen molar-refractivity contribution < 1.29 is 14.3 Å². The summed E-state index contributed by atoms with van der Waals surface area (Å²) in [6.07, 6.45) is 4.22. The number of carbonyl (C=O) groups excluding carboxylic acids is 1. The van der Waals surface area contributed by atoms with E-state index in [4.69, 9.17) is 9.47 Å². The van der Waals surface area contributed by atoms with Crippen molar-refractivity contribution in [3.05, 3.63) is 47.9 Å². The predicted molar refractivity (Wildman–Crippen MR) is 71.8 cm³/mol. The molecule has 0 fully saturated rings. The van der Waals surface area contributed by atoms with E-state index >= 15 is 0 Å². The normalized spacial score (nSPS) is 15.9. The molecule has 2 aliphatic rings. The fraction of sp³-hybridized carbons (Fsp3) is 0.267. The summed E-state index contributed by atoms with van der Waals surface area (Å²) in [5.74, 6) is 1.18. The number of nitrogens with zero attached hydrogens (tertiary/aromatic N) is 1. The number of para-hydroxylation sites is 2. The molecule has 0 saturated heterocycles. The van der Waals surface area contributed by atoms with E-state index in [1.165, 1.54) is 0 Å². The van der Waals surface area contributed by atoms with Gasteiger partial charge in [0.1, 0.15) is 12.2 Å². The van der Waals surface area contributed by atoms with Crippen molar-refractivity contribution in [2.24, 2.45) is 0 Å². The molecule has 0 unspecified atom stereocenters. The average molecular weight is 257 g/mol. The van der Waals surface area contributed by atoms with Crippen LogP contribution in [0.1, 0.15) is 13.3 Å². The van der Waals surface area contributed by atoms with Crippen LogP contribution >= 0.6 is 0 Å². The van der Waals surface area contributed by atoms with Gasteiger partial charge in [0.2, 0.25) is 0 Å². The van der Waals surface area contributed by atoms with Gasteiger partial charge in [-0.05, 0) is 25.1 Å². The van der Waals surface area contributed by atoms with Crippen molar-refractivity contribution in [1.82, 2.24) is 0 Å². The number of fused-ring (bicyclic) bond motifs is 3. The molecule has 19 heavy (non-hydrogen) atoms. The third kappa shape index (κ3) is 2.10. The van der Waals surface area contributed by atoms with Gasteiger partial charge < -0.3 is 14.4 Å². The molecule has 1 aromatic carbocycles. The summed E-state index contributed by atoms with van der Waals surface area (Å²) in [7, 11) is 0. The van der Waals surface area contributed by atoms with Crippen LogP contribution < -0.4 is 9.64 Å². The van der Waals surface area contributed by atoms with E-state index in [1.54, 1.807) is 6.92 Å². The van der Waals surface area contributed by atoms with Crippen LogP contribution in [-0.4, -0.2) is 19.1 Å². The Morgan fingerprint density at radius 3 is 3.11 bits per heavy atom. The highest BCUT2D eigenvalue weighted by atomic mass is 16.5. The second-order valence-corrected chi connectivity index (χ2v) is 4.37. The first-order valence-electron chi connectivity index (χ1n) is 6.39. The molecule has 0 atom stereocenters. The minimum Gasteiger partial charge on any atom is -0.466 e. The van der Waals surface area contributed by atoms with Crippen LogP contribution in [0.2, 0.25) is 0 Å². The van der Waals surface area contributed by atoms with Crippen molar-refractivity contribution >= 4 is 11.7 Å². The van der Waals surface area contributed by atoms with Crippen molar-refractivity contribution in [3.63, 3.8) is 0 Å². The highest BCUT2D eigenvalue weighted by Gasteiger charge is 2.28. The molecule has 0 aromatic heterocycles. The van der Waals surface area contributed by atoms with Crippen molar-refractivity contribution in [3.8, 4) is 5.75 Å². The first-order valence-corrected chi connectivity index (χ1v) is 6.39. The highest BCUT2D eigenvalue weighted by molar-refractivity contribution is 5.76. The first kappa shape index (κ1) is 11.8. The van der Waals surface area contributed by atoms with Gasteiger partial charge in [-0.3, -0.25) is 4.79 Å². The largest absolute Gasteiger partial charge is 0.466 e. The van der Waals surface area contributed by atoms with Gasteiger partial charge in [0.05, 0.1) is 18.0 Å². The Hall–Kier alpha value is -2.23. The number of benzene rings is 1. The molecule has 0 N–H and O–H groups in total. The van der Waals surface area contributed by atoms with Crippen LogP contribution in [0.5, 0.6) is 5.75 Å². The smallest absolute Gasteiger partial charge is 0.313 e. The molecule has 0 saturated carbocycles. The summed E-state index contributed by atoms with van der Waals surface area (Å²) in [5.41, 5.74) is 1.99. The number of esters is 1. The van der Waals surface area contributed by atoms with E-state index in [-0.39, 0.29) is 12.4 Å². The Balaban J connectivity index is 1.92. The molecule has 2 aliphatic heterocycles. The zero-order valence-electron chi connectivity index (χ0n) is 10.8. The number of ether oxygens (including phenoxy) is 2. The molecule has 0 aliphatic carbocycles. The fourth-order valence-corrected chi connectivity index (χ4v) is 2.35. The Morgan fingerprint density at radius 1 is 1.42 bits per heavy atom.